The molecule has 14 heteroatoms. The van der Waals surface area contributed by atoms with Gasteiger partial charge in [-0.2, -0.15) is 14.4 Å². The molecule has 0 saturated carbocycles. The van der Waals surface area contributed by atoms with E-state index in [9.17, 15) is 23.6 Å². The third-order valence-electron chi connectivity index (χ3n) is 11.2. The van der Waals surface area contributed by atoms with Gasteiger partial charge in [0, 0.05) is 50.0 Å². The van der Waals surface area contributed by atoms with Gasteiger partial charge in [0.2, 0.25) is 5.91 Å². The van der Waals surface area contributed by atoms with Crippen molar-refractivity contribution in [2.24, 2.45) is 0 Å². The lowest BCUT2D eigenvalue weighted by Crippen LogP contribution is -2.28. The molecule has 0 bridgehead atoms. The third-order valence-corrected chi connectivity index (χ3v) is 11.2. The first-order valence-electron chi connectivity index (χ1n) is 22.6. The Balaban J connectivity index is 1.24. The second kappa shape index (κ2) is 25.8. The number of aromatic nitrogens is 4. The van der Waals surface area contributed by atoms with Crippen molar-refractivity contribution in [1.82, 2.24) is 19.5 Å². The number of rotatable bonds is 28. The minimum atomic E-state index is -1.05. The number of halogens is 1. The van der Waals surface area contributed by atoms with Crippen molar-refractivity contribution in [3.63, 3.8) is 0 Å². The van der Waals surface area contributed by atoms with Crippen molar-refractivity contribution in [2.75, 3.05) is 19.0 Å². The van der Waals surface area contributed by atoms with E-state index >= 15 is 0 Å². The molecule has 1 N–H and O–H groups in total. The highest BCUT2D eigenvalue weighted by atomic mass is 19.1. The van der Waals surface area contributed by atoms with Crippen LogP contribution in [0.15, 0.2) is 42.7 Å². The fourth-order valence-electron chi connectivity index (χ4n) is 8.03. The number of anilines is 1. The number of imidazole rings is 1. The molecule has 1 amide bonds. The summed E-state index contributed by atoms with van der Waals surface area (Å²) >= 11 is 0. The molecule has 0 spiro atoms. The first-order chi connectivity index (χ1) is 30.2. The Labute approximate surface area is 372 Å². The molecular weight excluding hydrogens is 806 g/mol. The molecule has 13 nitrogen and oxygen atoms in total. The molecule has 0 saturated heterocycles. The standard InChI is InChI=1S/C49H68FN5O8/c1-8-9-10-11-12-13-14-15-16-17-18-19-20-25-42(58)61-31-37-23-21-22-24-39(37)47(59)62-32-38(60-7)26-27-55-33-51-44-45(53-48(50)54-46(44)55)52-41(57)30-49(5,6)43-35(3)28-34(2)29-40(43)63-36(4)56/h21-24,28-29,33,38H,8-20,25-27,30-32H2,1-7H3,(H,52,53,54,57). The first-order valence-corrected chi connectivity index (χ1v) is 22.6. The fourth-order valence-corrected chi connectivity index (χ4v) is 8.03. The van der Waals surface area contributed by atoms with Crippen LogP contribution in [0.2, 0.25) is 0 Å². The molecule has 63 heavy (non-hydrogen) atoms. The van der Waals surface area contributed by atoms with Gasteiger partial charge in [0.15, 0.2) is 17.0 Å². The Morgan fingerprint density at radius 2 is 1.52 bits per heavy atom. The zero-order chi connectivity index (χ0) is 45.8. The second-order valence-corrected chi connectivity index (χ2v) is 17.2. The zero-order valence-corrected chi connectivity index (χ0v) is 38.5. The highest BCUT2D eigenvalue weighted by molar-refractivity contribution is 5.97. The van der Waals surface area contributed by atoms with Gasteiger partial charge >= 0.3 is 24.0 Å². The maximum absolute atomic E-state index is 14.8. The number of benzene rings is 2. The van der Waals surface area contributed by atoms with E-state index in [2.05, 4.69) is 27.2 Å². The van der Waals surface area contributed by atoms with Gasteiger partial charge < -0.3 is 28.8 Å². The summed E-state index contributed by atoms with van der Waals surface area (Å²) < 4.78 is 38.7. The van der Waals surface area contributed by atoms with E-state index in [0.29, 0.717) is 35.3 Å². The van der Waals surface area contributed by atoms with Crippen molar-refractivity contribution in [2.45, 2.75) is 169 Å². The number of hydrogen-bond acceptors (Lipinski definition) is 11. The van der Waals surface area contributed by atoms with Crippen LogP contribution in [0.3, 0.4) is 0 Å². The molecule has 0 fully saturated rings. The van der Waals surface area contributed by atoms with Crippen molar-refractivity contribution < 1.29 is 42.5 Å². The van der Waals surface area contributed by atoms with Crippen LogP contribution in [0.4, 0.5) is 10.2 Å². The summed E-state index contributed by atoms with van der Waals surface area (Å²) in [6, 6.07) is 10.6. The number of methoxy groups -OCH3 is 1. The van der Waals surface area contributed by atoms with E-state index in [4.69, 9.17) is 18.9 Å². The quantitative estimate of drug-likeness (QED) is 0.0250. The highest BCUT2D eigenvalue weighted by Gasteiger charge is 2.31. The van der Waals surface area contributed by atoms with Gasteiger partial charge in [-0.05, 0) is 49.9 Å². The molecule has 2 aromatic heterocycles. The number of unbranched alkanes of at least 4 members (excludes halogenated alkanes) is 12. The maximum Gasteiger partial charge on any atom is 0.338 e. The second-order valence-electron chi connectivity index (χ2n) is 17.2. The SMILES string of the molecule is CCCCCCCCCCCCCCCC(=O)OCc1ccccc1C(=O)OCC(CCn1cnc2c(NC(=O)CC(C)(C)c3c(C)cc(C)cc3OC(C)=O)nc(F)nc21)OC. The van der Waals surface area contributed by atoms with Gasteiger partial charge in [-0.25, -0.2) is 9.78 Å². The Morgan fingerprint density at radius 1 is 0.873 bits per heavy atom. The smallest absolute Gasteiger partial charge is 0.338 e. The molecule has 1 atom stereocenters. The largest absolute Gasteiger partial charge is 0.461 e. The van der Waals surface area contributed by atoms with Crippen LogP contribution in [0.25, 0.3) is 11.2 Å². The number of nitrogens with one attached hydrogen (secondary N) is 1. The molecule has 0 aliphatic rings. The van der Waals surface area contributed by atoms with E-state index in [0.717, 1.165) is 30.4 Å². The van der Waals surface area contributed by atoms with Gasteiger partial charge in [-0.3, -0.25) is 14.4 Å². The lowest BCUT2D eigenvalue weighted by Gasteiger charge is -2.28. The number of carbonyl (C=O) groups excluding carboxylic acids is 4. The minimum absolute atomic E-state index is 0.0357. The summed E-state index contributed by atoms with van der Waals surface area (Å²) in [4.78, 5) is 63.2. The summed E-state index contributed by atoms with van der Waals surface area (Å²) in [6.07, 6.45) is 16.5. The lowest BCUT2D eigenvalue weighted by molar-refractivity contribution is -0.145. The Kier molecular flexibility index (Phi) is 20.6. The van der Waals surface area contributed by atoms with Crippen LogP contribution >= 0.6 is 0 Å². The molecule has 2 heterocycles. The van der Waals surface area contributed by atoms with Crippen LogP contribution in [-0.2, 0) is 47.2 Å². The van der Waals surface area contributed by atoms with Gasteiger partial charge in [-0.1, -0.05) is 122 Å². The van der Waals surface area contributed by atoms with Crippen molar-refractivity contribution >= 4 is 40.8 Å². The van der Waals surface area contributed by atoms with Crippen molar-refractivity contribution in [3.8, 4) is 5.75 Å². The van der Waals surface area contributed by atoms with Gasteiger partial charge in [-0.15, -0.1) is 0 Å². The number of ether oxygens (including phenoxy) is 4. The van der Waals surface area contributed by atoms with Gasteiger partial charge in [0.05, 0.1) is 18.0 Å². The zero-order valence-electron chi connectivity index (χ0n) is 38.5. The molecule has 0 aliphatic carbocycles. The maximum atomic E-state index is 14.8. The Bertz CT molecular complexity index is 2120. The normalized spacial score (nSPS) is 12.0. The number of amides is 1. The molecule has 4 aromatic rings. The molecule has 344 valence electrons. The molecule has 4 rings (SSSR count). The number of nitrogens with zero attached hydrogens (tertiary/aromatic N) is 4. The monoisotopic (exact) mass is 874 g/mol. The number of esters is 3. The van der Waals surface area contributed by atoms with Crippen LogP contribution in [0.1, 0.15) is 163 Å². The highest BCUT2D eigenvalue weighted by Crippen LogP contribution is 2.38. The van der Waals surface area contributed by atoms with E-state index in [1.807, 2.05) is 33.8 Å². The summed E-state index contributed by atoms with van der Waals surface area (Å²) in [5.74, 6) is -1.49. The summed E-state index contributed by atoms with van der Waals surface area (Å²) in [7, 11) is 1.50. The van der Waals surface area contributed by atoms with Crippen molar-refractivity contribution in [1.29, 1.82) is 0 Å². The Morgan fingerprint density at radius 3 is 2.17 bits per heavy atom. The van der Waals surface area contributed by atoms with Crippen LogP contribution < -0.4 is 10.1 Å². The van der Waals surface area contributed by atoms with E-state index in [-0.39, 0.29) is 49.1 Å². The van der Waals surface area contributed by atoms with Gasteiger partial charge in [0.25, 0.3) is 0 Å². The summed E-state index contributed by atoms with van der Waals surface area (Å²) in [5, 5.41) is 2.70. The van der Waals surface area contributed by atoms with E-state index in [1.54, 1.807) is 34.9 Å². The predicted octanol–water partition coefficient (Wildman–Crippen LogP) is 10.6. The first kappa shape index (κ1) is 50.4. The average Bonchev–Trinajstić information content (AvgIpc) is 3.63. The molecule has 1 unspecified atom stereocenters. The van der Waals surface area contributed by atoms with Crippen LogP contribution in [0.5, 0.6) is 5.75 Å². The van der Waals surface area contributed by atoms with E-state index < -0.39 is 35.4 Å². The average molecular weight is 874 g/mol. The van der Waals surface area contributed by atoms with Crippen molar-refractivity contribution in [3.05, 3.63) is 76.6 Å². The lowest BCUT2D eigenvalue weighted by atomic mass is 9.78. The van der Waals surface area contributed by atoms with Crippen LogP contribution in [-0.4, -0.2) is 63.2 Å². The minimum Gasteiger partial charge on any atom is -0.461 e. The summed E-state index contributed by atoms with van der Waals surface area (Å²) in [5.41, 5.74) is 2.89. The van der Waals surface area contributed by atoms with Gasteiger partial charge in [0.1, 0.15) is 19.0 Å². The third kappa shape index (κ3) is 16.4. The molecule has 2 aromatic carbocycles. The summed E-state index contributed by atoms with van der Waals surface area (Å²) in [6.45, 7) is 11.2. The topological polar surface area (TPSA) is 161 Å². The fraction of sp³-hybridized carbons (Fsp3) is 0.571. The number of hydrogen-bond donors (Lipinski definition) is 1. The van der Waals surface area contributed by atoms with Crippen LogP contribution in [0, 0.1) is 19.9 Å². The number of aryl methyl sites for hydroxylation is 3. The number of carbonyl (C=O) groups is 4. The Hall–Kier alpha value is -5.24. The van der Waals surface area contributed by atoms with E-state index in [1.165, 1.54) is 84.6 Å². The predicted molar refractivity (Wildman–Crippen MR) is 241 cm³/mol. The molecule has 0 aliphatic heterocycles. The number of fused-ring (bicyclic) bond motifs is 1. The molecule has 0 radical (unpaired) electrons. The molecular formula is C49H68FN5O8.